The van der Waals surface area contributed by atoms with Gasteiger partial charge >= 0.3 is 0 Å². The van der Waals surface area contributed by atoms with Gasteiger partial charge in [-0.1, -0.05) is 84.3 Å². The van der Waals surface area contributed by atoms with Crippen LogP contribution in [0.5, 0.6) is 0 Å². The third-order valence-electron chi connectivity index (χ3n) is 4.53. The van der Waals surface area contributed by atoms with Gasteiger partial charge in [-0.05, 0) is 52.6 Å². The standard InChI is InChI=1S/C15H27NSi.C7H19Si2.Sc/c1-10-11(2)13(4)14(12(10)3)17(8,9)16-15(5,6)7;1-8(2,3)7-9(4,5)6;/h1-9H3;7H,1-6H3;/q2*-1;. The number of hydrogen-bond acceptors (Lipinski definition) is 0. The maximum Gasteiger partial charge on any atom is 0 e. The second-order valence-electron chi connectivity index (χ2n) is 11.6. The summed E-state index contributed by atoms with van der Waals surface area (Å²) in [6.45, 7) is 34.8. The summed E-state index contributed by atoms with van der Waals surface area (Å²) in [7, 11) is -3.40. The SMILES string of the molecule is CC1=C(C)C(C)=C(C)[C]1[Si](C)(C)[N-]C(C)(C)C.C[Si](C)(C)[CH-][Si](C)(C)C.[Sc]. The average molecular weight is 454 g/mol. The molecule has 1 nitrogen and oxygen atoms in total. The Kier molecular flexibility index (Phi) is 11.5. The molecule has 0 saturated heterocycles. The zero-order valence-corrected chi connectivity index (χ0v) is 25.9. The summed E-state index contributed by atoms with van der Waals surface area (Å²) in [6.07, 6.45) is 0. The van der Waals surface area contributed by atoms with Crippen molar-refractivity contribution >= 4 is 24.4 Å². The van der Waals surface area contributed by atoms with Gasteiger partial charge in [-0.3, -0.25) is 0 Å². The molecule has 0 fully saturated rings. The first-order chi connectivity index (χ1) is 11.2. The van der Waals surface area contributed by atoms with Crippen molar-refractivity contribution in [3.8, 4) is 0 Å². The van der Waals surface area contributed by atoms with E-state index >= 15 is 0 Å². The van der Waals surface area contributed by atoms with Crippen LogP contribution in [-0.2, 0) is 25.8 Å². The Balaban J connectivity index is 0. The molecule has 0 unspecified atom stereocenters. The number of nitrogens with zero attached hydrogens (tertiary/aromatic N) is 1. The van der Waals surface area contributed by atoms with Gasteiger partial charge in [0.2, 0.25) is 0 Å². The molecule has 0 bridgehead atoms. The van der Waals surface area contributed by atoms with Gasteiger partial charge in [0.15, 0.2) is 0 Å². The normalized spacial score (nSPS) is 17.0. The first-order valence-electron chi connectivity index (χ1n) is 10.0. The molecule has 0 aromatic carbocycles. The van der Waals surface area contributed by atoms with Crippen molar-refractivity contribution in [1.29, 1.82) is 0 Å². The predicted molar refractivity (Wildman–Crippen MR) is 132 cm³/mol. The molecule has 156 valence electrons. The Morgan fingerprint density at radius 3 is 1.11 bits per heavy atom. The Hall–Kier alpha value is 0.961. The van der Waals surface area contributed by atoms with Gasteiger partial charge in [0, 0.05) is 25.8 Å². The summed E-state index contributed by atoms with van der Waals surface area (Å²) in [4.78, 5) is 5.13. The van der Waals surface area contributed by atoms with Crippen molar-refractivity contribution in [2.45, 2.75) is 106 Å². The van der Waals surface area contributed by atoms with Gasteiger partial charge in [-0.25, -0.2) is 0 Å². The smallest absolute Gasteiger partial charge is 0 e. The first kappa shape index (κ1) is 30.2. The minimum atomic E-state index is -1.69. The van der Waals surface area contributed by atoms with Crippen molar-refractivity contribution < 1.29 is 25.8 Å². The average Bonchev–Trinajstić information content (AvgIpc) is 2.46. The van der Waals surface area contributed by atoms with Gasteiger partial charge in [-0.2, -0.15) is 0 Å². The molecule has 0 N–H and O–H groups in total. The zero-order valence-electron chi connectivity index (χ0n) is 21.1. The van der Waals surface area contributed by atoms with Gasteiger partial charge in [0.25, 0.3) is 0 Å². The second-order valence-corrected chi connectivity index (χ2v) is 26.1. The van der Waals surface area contributed by atoms with E-state index in [0.29, 0.717) is 0 Å². The van der Waals surface area contributed by atoms with Crippen LogP contribution < -0.4 is 0 Å². The van der Waals surface area contributed by atoms with Crippen LogP contribution in [-0.4, -0.2) is 29.9 Å². The molecule has 1 aliphatic rings. The molecule has 27 heavy (non-hydrogen) atoms. The Morgan fingerprint density at radius 1 is 0.630 bits per heavy atom. The molecule has 1 aliphatic carbocycles. The van der Waals surface area contributed by atoms with Crippen LogP contribution in [0.25, 0.3) is 4.98 Å². The second kappa shape index (κ2) is 10.3. The Labute approximate surface area is 194 Å². The van der Waals surface area contributed by atoms with E-state index in [4.69, 9.17) is 4.98 Å². The van der Waals surface area contributed by atoms with E-state index in [1.165, 1.54) is 22.3 Å². The molecule has 0 aromatic heterocycles. The van der Waals surface area contributed by atoms with E-state index in [-0.39, 0.29) is 31.4 Å². The predicted octanol–water partition coefficient (Wildman–Crippen LogP) is 8.11. The fourth-order valence-corrected chi connectivity index (χ4v) is 18.7. The largest absolute Gasteiger partial charge is 0.659 e. The molecule has 2 radical (unpaired) electrons. The van der Waals surface area contributed by atoms with Crippen molar-refractivity contribution in [2.24, 2.45) is 0 Å². The van der Waals surface area contributed by atoms with E-state index in [1.807, 2.05) is 0 Å². The maximum atomic E-state index is 5.13. The first-order valence-corrected chi connectivity index (χ1v) is 20.1. The summed E-state index contributed by atoms with van der Waals surface area (Å²) in [5, 5.41) is 0. The minimum Gasteiger partial charge on any atom is -0.659 e. The van der Waals surface area contributed by atoms with Crippen molar-refractivity contribution in [1.82, 2.24) is 0 Å². The molecular formula is C22H46NScSi3-2. The summed E-state index contributed by atoms with van der Waals surface area (Å²) in [6, 6.07) is 0. The summed E-state index contributed by atoms with van der Waals surface area (Å²) in [5.41, 5.74) is 10.1. The van der Waals surface area contributed by atoms with Crippen molar-refractivity contribution in [3.05, 3.63) is 38.5 Å². The van der Waals surface area contributed by atoms with Crippen LogP contribution in [0.4, 0.5) is 0 Å². The number of hydrogen-bond donors (Lipinski definition) is 0. The van der Waals surface area contributed by atoms with Crippen LogP contribution in [0.2, 0.25) is 52.4 Å². The fourth-order valence-electron chi connectivity index (χ4n) is 4.33. The summed E-state index contributed by atoms with van der Waals surface area (Å²) < 4.78 is 0. The molecule has 1 rings (SSSR count). The van der Waals surface area contributed by atoms with Crippen LogP contribution >= 0.6 is 0 Å². The molecule has 0 amide bonds. The van der Waals surface area contributed by atoms with E-state index in [9.17, 15) is 0 Å². The van der Waals surface area contributed by atoms with Crippen LogP contribution in [0, 0.1) is 11.2 Å². The molecule has 0 aromatic rings. The van der Waals surface area contributed by atoms with E-state index < -0.39 is 24.4 Å². The third kappa shape index (κ3) is 11.1. The molecule has 0 saturated carbocycles. The molecule has 0 atom stereocenters. The van der Waals surface area contributed by atoms with Crippen molar-refractivity contribution in [2.75, 3.05) is 0 Å². The van der Waals surface area contributed by atoms with E-state index in [0.717, 1.165) is 0 Å². The van der Waals surface area contributed by atoms with Crippen LogP contribution in [0.1, 0.15) is 48.5 Å². The van der Waals surface area contributed by atoms with Gasteiger partial charge < -0.3 is 10.6 Å². The Morgan fingerprint density at radius 2 is 0.926 bits per heavy atom. The maximum absolute atomic E-state index is 5.13. The summed E-state index contributed by atoms with van der Waals surface area (Å²) in [5.74, 6) is 0. The fraction of sp³-hybridized carbons (Fsp3) is 0.727. The van der Waals surface area contributed by atoms with Crippen LogP contribution in [0.3, 0.4) is 0 Å². The molecule has 0 heterocycles. The minimum absolute atomic E-state index is 0. The summed E-state index contributed by atoms with van der Waals surface area (Å²) >= 11 is 0. The van der Waals surface area contributed by atoms with E-state index in [2.05, 4.69) is 107 Å². The Bertz CT molecular complexity index is 520. The van der Waals surface area contributed by atoms with Crippen LogP contribution in [0.15, 0.2) is 22.3 Å². The van der Waals surface area contributed by atoms with E-state index in [1.54, 1.807) is 5.54 Å². The van der Waals surface area contributed by atoms with Gasteiger partial charge in [-0.15, -0.1) is 21.7 Å². The van der Waals surface area contributed by atoms with Gasteiger partial charge in [0.1, 0.15) is 0 Å². The topological polar surface area (TPSA) is 14.1 Å². The van der Waals surface area contributed by atoms with Crippen molar-refractivity contribution in [3.63, 3.8) is 0 Å². The molecular weight excluding hydrogens is 407 g/mol. The zero-order chi connectivity index (χ0) is 21.3. The molecule has 0 aliphatic heterocycles. The monoisotopic (exact) mass is 453 g/mol. The number of allylic oxidation sites excluding steroid dienone is 4. The third-order valence-corrected chi connectivity index (χ3v) is 14.7. The molecule has 5 heteroatoms. The quantitative estimate of drug-likeness (QED) is 0.301. The number of rotatable bonds is 4. The van der Waals surface area contributed by atoms with Gasteiger partial charge in [0.05, 0.1) is 0 Å². The molecule has 0 spiro atoms.